The molecule has 0 aromatic rings. The van der Waals surface area contributed by atoms with E-state index in [1.54, 1.807) is 0 Å². The van der Waals surface area contributed by atoms with Gasteiger partial charge in [0.25, 0.3) is 0 Å². The summed E-state index contributed by atoms with van der Waals surface area (Å²) in [6, 6.07) is 0.785. The highest BCUT2D eigenvalue weighted by atomic mass is 14.9. The second-order valence-electron chi connectivity index (χ2n) is 4.97. The van der Waals surface area contributed by atoms with Crippen LogP contribution in [0.4, 0.5) is 0 Å². The molecule has 0 atom stereocenters. The maximum atomic E-state index is 3.72. The van der Waals surface area contributed by atoms with Crippen LogP contribution in [-0.4, -0.2) is 12.6 Å². The van der Waals surface area contributed by atoms with E-state index >= 15 is 0 Å². The van der Waals surface area contributed by atoms with Crippen molar-refractivity contribution in [1.29, 1.82) is 0 Å². The second kappa shape index (κ2) is 4.99. The van der Waals surface area contributed by atoms with Gasteiger partial charge in [-0.3, -0.25) is 0 Å². The van der Waals surface area contributed by atoms with E-state index in [0.717, 1.165) is 6.04 Å². The highest BCUT2D eigenvalue weighted by Gasteiger charge is 2.36. The Kier molecular flexibility index (Phi) is 4.24. The largest absolute Gasteiger partial charge is 0.313 e. The van der Waals surface area contributed by atoms with Crippen LogP contribution < -0.4 is 5.32 Å². The normalized spacial score (nSPS) is 19.4. The number of hydrogen-bond acceptors (Lipinski definition) is 1. The van der Waals surface area contributed by atoms with Gasteiger partial charge in [0.15, 0.2) is 0 Å². The fraction of sp³-hybridized carbons (Fsp3) is 1.00. The van der Waals surface area contributed by atoms with Crippen LogP contribution in [0.1, 0.15) is 59.3 Å². The summed E-state index contributed by atoms with van der Waals surface area (Å²) in [5.41, 5.74) is 0.666. The van der Waals surface area contributed by atoms with Crippen molar-refractivity contribution in [2.24, 2.45) is 5.41 Å². The summed E-state index contributed by atoms with van der Waals surface area (Å²) < 4.78 is 0. The molecular formula is C12H25N. The minimum Gasteiger partial charge on any atom is -0.313 e. The molecule has 1 rings (SSSR count). The maximum absolute atomic E-state index is 3.72. The molecule has 0 spiro atoms. The Hall–Kier alpha value is -0.0400. The van der Waals surface area contributed by atoms with Crippen LogP contribution in [-0.2, 0) is 0 Å². The van der Waals surface area contributed by atoms with Gasteiger partial charge in [0.1, 0.15) is 0 Å². The molecule has 1 saturated carbocycles. The molecule has 0 aliphatic heterocycles. The highest BCUT2D eigenvalue weighted by Crippen LogP contribution is 2.44. The lowest BCUT2D eigenvalue weighted by atomic mass is 10.0. The summed E-state index contributed by atoms with van der Waals surface area (Å²) >= 11 is 0. The van der Waals surface area contributed by atoms with Crippen molar-refractivity contribution in [3.05, 3.63) is 0 Å². The second-order valence-corrected chi connectivity index (χ2v) is 4.97. The zero-order valence-electron chi connectivity index (χ0n) is 9.53. The Bertz CT molecular complexity index is 132. The van der Waals surface area contributed by atoms with Gasteiger partial charge in [0.05, 0.1) is 0 Å². The fourth-order valence-corrected chi connectivity index (χ4v) is 1.83. The van der Waals surface area contributed by atoms with Crippen molar-refractivity contribution in [3.8, 4) is 0 Å². The average molecular weight is 183 g/mol. The van der Waals surface area contributed by atoms with Gasteiger partial charge in [-0.25, -0.2) is 0 Å². The molecule has 1 N–H and O–H groups in total. The first kappa shape index (κ1) is 11.0. The van der Waals surface area contributed by atoms with Crippen molar-refractivity contribution in [1.82, 2.24) is 5.32 Å². The first-order chi connectivity index (χ1) is 6.20. The third kappa shape index (κ3) is 4.12. The van der Waals surface area contributed by atoms with Gasteiger partial charge in [-0.05, 0) is 31.1 Å². The van der Waals surface area contributed by atoms with Crippen LogP contribution in [0.2, 0.25) is 0 Å². The van der Waals surface area contributed by atoms with Crippen LogP contribution in [0, 0.1) is 5.41 Å². The van der Waals surface area contributed by atoms with Crippen molar-refractivity contribution in [2.45, 2.75) is 65.3 Å². The molecule has 78 valence electrons. The molecule has 0 aromatic heterocycles. The van der Waals surface area contributed by atoms with E-state index in [4.69, 9.17) is 0 Å². The van der Waals surface area contributed by atoms with E-state index in [0.29, 0.717) is 5.41 Å². The minimum atomic E-state index is 0.666. The SMILES string of the molecule is CCCC(CCC)NCC1(C)CC1. The van der Waals surface area contributed by atoms with E-state index in [2.05, 4.69) is 26.1 Å². The van der Waals surface area contributed by atoms with Crippen molar-refractivity contribution < 1.29 is 0 Å². The zero-order valence-corrected chi connectivity index (χ0v) is 9.53. The molecule has 0 radical (unpaired) electrons. The molecule has 0 aromatic carbocycles. The van der Waals surface area contributed by atoms with E-state index in [-0.39, 0.29) is 0 Å². The average Bonchev–Trinajstić information content (AvgIpc) is 2.82. The van der Waals surface area contributed by atoms with E-state index in [9.17, 15) is 0 Å². The number of rotatable bonds is 7. The highest BCUT2D eigenvalue weighted by molar-refractivity contribution is 4.91. The monoisotopic (exact) mass is 183 g/mol. The van der Waals surface area contributed by atoms with Crippen LogP contribution in [0.3, 0.4) is 0 Å². The maximum Gasteiger partial charge on any atom is 0.00670 e. The molecule has 13 heavy (non-hydrogen) atoms. The quantitative estimate of drug-likeness (QED) is 0.638. The van der Waals surface area contributed by atoms with E-state index in [1.807, 2.05) is 0 Å². The number of hydrogen-bond donors (Lipinski definition) is 1. The summed E-state index contributed by atoms with van der Waals surface area (Å²) in [6.07, 6.45) is 8.20. The lowest BCUT2D eigenvalue weighted by Gasteiger charge is -2.19. The predicted molar refractivity (Wildman–Crippen MR) is 58.9 cm³/mol. The van der Waals surface area contributed by atoms with Gasteiger partial charge in [-0.2, -0.15) is 0 Å². The van der Waals surface area contributed by atoms with E-state index < -0.39 is 0 Å². The summed E-state index contributed by atoms with van der Waals surface area (Å²) in [4.78, 5) is 0. The smallest absolute Gasteiger partial charge is 0.00670 e. The third-order valence-corrected chi connectivity index (χ3v) is 3.20. The third-order valence-electron chi connectivity index (χ3n) is 3.20. The van der Waals surface area contributed by atoms with Crippen LogP contribution in [0.5, 0.6) is 0 Å². The van der Waals surface area contributed by atoms with Gasteiger partial charge in [0, 0.05) is 12.6 Å². The topological polar surface area (TPSA) is 12.0 Å². The van der Waals surface area contributed by atoms with Crippen molar-refractivity contribution in [3.63, 3.8) is 0 Å². The first-order valence-electron chi connectivity index (χ1n) is 5.93. The molecule has 1 heteroatoms. The van der Waals surface area contributed by atoms with Gasteiger partial charge in [-0.1, -0.05) is 33.6 Å². The van der Waals surface area contributed by atoms with Gasteiger partial charge in [-0.15, -0.1) is 0 Å². The Balaban J connectivity index is 2.13. The summed E-state index contributed by atoms with van der Waals surface area (Å²) in [7, 11) is 0. The minimum absolute atomic E-state index is 0.666. The van der Waals surface area contributed by atoms with E-state index in [1.165, 1.54) is 45.1 Å². The predicted octanol–water partition coefficient (Wildman–Crippen LogP) is 3.34. The lowest BCUT2D eigenvalue weighted by Crippen LogP contribution is -2.33. The molecular weight excluding hydrogens is 158 g/mol. The molecule has 0 heterocycles. The fourth-order valence-electron chi connectivity index (χ4n) is 1.83. The van der Waals surface area contributed by atoms with Crippen LogP contribution in [0.25, 0.3) is 0 Å². The Morgan fingerprint density at radius 3 is 2.08 bits per heavy atom. The summed E-state index contributed by atoms with van der Waals surface area (Å²) in [6.45, 7) is 8.21. The molecule has 1 aliphatic carbocycles. The molecule has 0 amide bonds. The van der Waals surface area contributed by atoms with Crippen LogP contribution in [0.15, 0.2) is 0 Å². The summed E-state index contributed by atoms with van der Waals surface area (Å²) in [5.74, 6) is 0. The van der Waals surface area contributed by atoms with Gasteiger partial charge >= 0.3 is 0 Å². The lowest BCUT2D eigenvalue weighted by molar-refractivity contribution is 0.394. The zero-order chi connectivity index (χ0) is 9.73. The number of nitrogens with one attached hydrogen (secondary N) is 1. The molecule has 1 nitrogen and oxygen atoms in total. The van der Waals surface area contributed by atoms with Crippen molar-refractivity contribution >= 4 is 0 Å². The van der Waals surface area contributed by atoms with Crippen LogP contribution >= 0.6 is 0 Å². The summed E-state index contributed by atoms with van der Waals surface area (Å²) in [5, 5.41) is 3.72. The molecule has 0 saturated heterocycles. The Morgan fingerprint density at radius 1 is 1.15 bits per heavy atom. The molecule has 0 unspecified atom stereocenters. The van der Waals surface area contributed by atoms with Gasteiger partial charge in [0.2, 0.25) is 0 Å². The molecule has 1 aliphatic rings. The standard InChI is InChI=1S/C12H25N/c1-4-6-11(7-5-2)13-10-12(3)8-9-12/h11,13H,4-10H2,1-3H3. The Labute approximate surface area is 83.3 Å². The van der Waals surface area contributed by atoms with Crippen molar-refractivity contribution in [2.75, 3.05) is 6.54 Å². The Morgan fingerprint density at radius 2 is 1.69 bits per heavy atom. The molecule has 0 bridgehead atoms. The first-order valence-corrected chi connectivity index (χ1v) is 5.93. The molecule has 1 fully saturated rings. The van der Waals surface area contributed by atoms with Gasteiger partial charge < -0.3 is 5.32 Å².